The molecule has 0 saturated carbocycles. The zero-order valence-electron chi connectivity index (χ0n) is 21.6. The summed E-state index contributed by atoms with van der Waals surface area (Å²) in [5.74, 6) is 1.43. The lowest BCUT2D eigenvalue weighted by Crippen LogP contribution is -2.55. The van der Waals surface area contributed by atoms with Gasteiger partial charge in [-0.3, -0.25) is 14.5 Å². The third-order valence-corrected chi connectivity index (χ3v) is 7.28. The monoisotopic (exact) mass is 493 g/mol. The van der Waals surface area contributed by atoms with Gasteiger partial charge >= 0.3 is 0 Å². The van der Waals surface area contributed by atoms with E-state index in [1.54, 1.807) is 49.3 Å². The first kappa shape index (κ1) is 25.6. The van der Waals surface area contributed by atoms with E-state index in [2.05, 4.69) is 17.2 Å². The number of amides is 2. The van der Waals surface area contributed by atoms with Crippen molar-refractivity contribution >= 4 is 11.8 Å². The maximum atomic E-state index is 13.3. The highest BCUT2D eigenvalue weighted by Crippen LogP contribution is 2.40. The summed E-state index contributed by atoms with van der Waals surface area (Å²) in [5, 5.41) is 17.4. The number of nitrogens with one attached hydrogen (secondary N) is 2. The van der Waals surface area contributed by atoms with Gasteiger partial charge in [0.05, 0.1) is 19.7 Å². The predicted molar refractivity (Wildman–Crippen MR) is 137 cm³/mol. The number of aliphatic hydroxyl groups is 1. The van der Waals surface area contributed by atoms with Crippen LogP contribution in [0.25, 0.3) is 0 Å². The molecule has 4 rings (SSSR count). The number of benzene rings is 2. The van der Waals surface area contributed by atoms with Gasteiger partial charge in [-0.2, -0.15) is 0 Å². The Kier molecular flexibility index (Phi) is 6.75. The molecule has 3 atom stereocenters. The Morgan fingerprint density at radius 3 is 2.72 bits per heavy atom. The van der Waals surface area contributed by atoms with E-state index in [9.17, 15) is 14.7 Å². The Bertz CT molecular complexity index is 1190. The van der Waals surface area contributed by atoms with Crippen molar-refractivity contribution in [3.8, 4) is 11.5 Å². The fraction of sp³-hybridized carbons (Fsp3) is 0.429. The van der Waals surface area contributed by atoms with E-state index >= 15 is 0 Å². The van der Waals surface area contributed by atoms with E-state index in [0.717, 1.165) is 17.5 Å². The summed E-state index contributed by atoms with van der Waals surface area (Å²) in [5.41, 5.74) is 1.32. The smallest absolute Gasteiger partial charge is 0.251 e. The van der Waals surface area contributed by atoms with Crippen molar-refractivity contribution in [3.05, 3.63) is 71.1 Å². The molecular weight excluding hydrogens is 458 g/mol. The molecule has 0 aromatic heterocycles. The minimum absolute atomic E-state index is 0.00245. The number of ether oxygens (including phenoxy) is 2. The second kappa shape index (κ2) is 9.50. The second-order valence-corrected chi connectivity index (χ2v) is 10.2. The first-order valence-corrected chi connectivity index (χ1v) is 12.2. The zero-order chi connectivity index (χ0) is 26.3. The van der Waals surface area contributed by atoms with Gasteiger partial charge in [-0.1, -0.05) is 19.6 Å². The van der Waals surface area contributed by atoms with Gasteiger partial charge in [0.2, 0.25) is 5.91 Å². The number of carbonyl (C=O) groups excluding carboxylic acids is 2. The molecule has 192 valence electrons. The summed E-state index contributed by atoms with van der Waals surface area (Å²) >= 11 is 0. The third kappa shape index (κ3) is 4.91. The van der Waals surface area contributed by atoms with Crippen LogP contribution >= 0.6 is 0 Å². The van der Waals surface area contributed by atoms with E-state index in [1.165, 1.54) is 0 Å². The van der Waals surface area contributed by atoms with Gasteiger partial charge < -0.3 is 25.2 Å². The van der Waals surface area contributed by atoms with Gasteiger partial charge in [0, 0.05) is 29.2 Å². The molecule has 8 nitrogen and oxygen atoms in total. The van der Waals surface area contributed by atoms with Crippen LogP contribution in [0.4, 0.5) is 0 Å². The Balaban J connectivity index is 1.56. The third-order valence-electron chi connectivity index (χ3n) is 7.28. The molecule has 0 spiro atoms. The van der Waals surface area contributed by atoms with Crippen molar-refractivity contribution in [1.82, 2.24) is 15.5 Å². The van der Waals surface area contributed by atoms with Crippen molar-refractivity contribution < 1.29 is 24.2 Å². The van der Waals surface area contributed by atoms with E-state index in [0.29, 0.717) is 41.4 Å². The standard InChI is InChI=1S/C28H35N3O5/c1-7-27(4)14-24(32)31(18(3)30-27)15-20-12-19(9-8-17(20)2)26(33)29-25-22-11-10-21(35-6)13-23(22)36-16-28(25,5)34/h8-13,25,30,34H,3,7,14-16H2,1-2,4-6H3,(H,29,33). The lowest BCUT2D eigenvalue weighted by Gasteiger charge is -2.41. The Morgan fingerprint density at radius 1 is 1.31 bits per heavy atom. The Labute approximate surface area is 212 Å². The van der Waals surface area contributed by atoms with Gasteiger partial charge in [0.15, 0.2) is 0 Å². The summed E-state index contributed by atoms with van der Waals surface area (Å²) in [6, 6.07) is 10.0. The highest BCUT2D eigenvalue weighted by Gasteiger charge is 2.41. The normalized spacial score (nSPS) is 25.5. The van der Waals surface area contributed by atoms with Crippen LogP contribution in [0.15, 0.2) is 48.8 Å². The Hall–Kier alpha value is -3.52. The summed E-state index contributed by atoms with van der Waals surface area (Å²) in [7, 11) is 1.57. The minimum atomic E-state index is -1.31. The van der Waals surface area contributed by atoms with E-state index < -0.39 is 11.6 Å². The average Bonchev–Trinajstić information content (AvgIpc) is 2.83. The molecule has 3 unspecified atom stereocenters. The molecule has 2 aromatic rings. The van der Waals surface area contributed by atoms with Crippen molar-refractivity contribution in [2.24, 2.45) is 0 Å². The topological polar surface area (TPSA) is 100 Å². The zero-order valence-corrected chi connectivity index (χ0v) is 21.6. The molecule has 8 heteroatoms. The van der Waals surface area contributed by atoms with Crippen molar-refractivity contribution in [1.29, 1.82) is 0 Å². The van der Waals surface area contributed by atoms with Crippen LogP contribution in [0.2, 0.25) is 0 Å². The van der Waals surface area contributed by atoms with Crippen LogP contribution in [-0.2, 0) is 11.3 Å². The Morgan fingerprint density at radius 2 is 2.06 bits per heavy atom. The number of hydrogen-bond acceptors (Lipinski definition) is 6. The number of methoxy groups -OCH3 is 1. The van der Waals surface area contributed by atoms with E-state index in [1.807, 2.05) is 26.8 Å². The molecule has 0 bridgehead atoms. The highest BCUT2D eigenvalue weighted by molar-refractivity contribution is 5.95. The fourth-order valence-electron chi connectivity index (χ4n) is 4.69. The van der Waals surface area contributed by atoms with Gasteiger partial charge in [-0.25, -0.2) is 0 Å². The maximum absolute atomic E-state index is 13.3. The van der Waals surface area contributed by atoms with Crippen molar-refractivity contribution in [3.63, 3.8) is 0 Å². The molecule has 36 heavy (non-hydrogen) atoms. The molecule has 2 aromatic carbocycles. The van der Waals surface area contributed by atoms with Crippen LogP contribution in [0, 0.1) is 6.92 Å². The number of hydrogen-bond donors (Lipinski definition) is 3. The van der Waals surface area contributed by atoms with Crippen LogP contribution in [-0.4, -0.2) is 46.7 Å². The number of aryl methyl sites for hydroxylation is 1. The molecular formula is C28H35N3O5. The molecule has 1 saturated heterocycles. The first-order valence-electron chi connectivity index (χ1n) is 12.2. The number of fused-ring (bicyclic) bond motifs is 1. The molecule has 2 aliphatic heterocycles. The molecule has 1 fully saturated rings. The van der Waals surface area contributed by atoms with Crippen molar-refractivity contribution in [2.75, 3.05) is 13.7 Å². The van der Waals surface area contributed by atoms with Gasteiger partial charge in [-0.05, 0) is 62.6 Å². The largest absolute Gasteiger partial charge is 0.497 e. The van der Waals surface area contributed by atoms with Crippen LogP contribution in [0.1, 0.15) is 66.7 Å². The van der Waals surface area contributed by atoms with Crippen LogP contribution < -0.4 is 20.1 Å². The first-order chi connectivity index (χ1) is 17.0. The molecule has 0 aliphatic carbocycles. The van der Waals surface area contributed by atoms with E-state index in [-0.39, 0.29) is 24.0 Å². The SMILES string of the molecule is C=C1NC(C)(CC)CC(=O)N1Cc1cc(C(=O)NC2c3ccc(OC)cc3OCC2(C)O)ccc1C. The maximum Gasteiger partial charge on any atom is 0.251 e. The van der Waals surface area contributed by atoms with Gasteiger partial charge in [0.1, 0.15) is 29.5 Å². The van der Waals surface area contributed by atoms with Crippen LogP contribution in [0.3, 0.4) is 0 Å². The fourth-order valence-corrected chi connectivity index (χ4v) is 4.69. The molecule has 3 N–H and O–H groups in total. The summed E-state index contributed by atoms with van der Waals surface area (Å²) < 4.78 is 11.0. The highest BCUT2D eigenvalue weighted by atomic mass is 16.5. The number of carbonyl (C=O) groups is 2. The molecule has 2 aliphatic rings. The van der Waals surface area contributed by atoms with Crippen molar-refractivity contribution in [2.45, 2.75) is 64.3 Å². The second-order valence-electron chi connectivity index (χ2n) is 10.2. The lowest BCUT2D eigenvalue weighted by molar-refractivity contribution is -0.134. The molecule has 2 amide bonds. The van der Waals surface area contributed by atoms with Gasteiger partial charge in [-0.15, -0.1) is 0 Å². The van der Waals surface area contributed by atoms with E-state index in [4.69, 9.17) is 9.47 Å². The summed E-state index contributed by atoms with van der Waals surface area (Å²) in [6.45, 7) is 12.1. The summed E-state index contributed by atoms with van der Waals surface area (Å²) in [6.07, 6.45) is 1.19. The molecule has 0 radical (unpaired) electrons. The molecule has 2 heterocycles. The predicted octanol–water partition coefficient (Wildman–Crippen LogP) is 3.58. The summed E-state index contributed by atoms with van der Waals surface area (Å²) in [4.78, 5) is 27.9. The average molecular weight is 494 g/mol. The lowest BCUT2D eigenvalue weighted by atomic mass is 9.87. The minimum Gasteiger partial charge on any atom is -0.497 e. The number of rotatable bonds is 6. The quantitative estimate of drug-likeness (QED) is 0.569. The van der Waals surface area contributed by atoms with Gasteiger partial charge in [0.25, 0.3) is 5.91 Å². The van der Waals surface area contributed by atoms with Crippen LogP contribution in [0.5, 0.6) is 11.5 Å². The number of nitrogens with zero attached hydrogens (tertiary/aromatic N) is 1.